The third kappa shape index (κ3) is 2.63. The molecule has 0 aliphatic carbocycles. The molecule has 7 heteroatoms. The number of halogens is 2. The summed E-state index contributed by atoms with van der Waals surface area (Å²) < 4.78 is 13.1. The number of benzene rings is 1. The number of piperazine rings is 1. The van der Waals surface area contributed by atoms with E-state index in [0.29, 0.717) is 12.2 Å². The van der Waals surface area contributed by atoms with Crippen molar-refractivity contribution in [1.29, 1.82) is 0 Å². The zero-order valence-electron chi connectivity index (χ0n) is 12.2. The maximum atomic E-state index is 13.1. The summed E-state index contributed by atoms with van der Waals surface area (Å²) in [6, 6.07) is 3.23. The SMILES string of the molecule is C[C@@H]1C(=O)N2CCC[C@H]2CN1C(=O)Nc1ccc(F)c(Cl)c1. The molecular formula is C15H17ClFN3O2. The molecular weight excluding hydrogens is 309 g/mol. The van der Waals surface area contributed by atoms with Gasteiger partial charge in [-0.1, -0.05) is 11.6 Å². The van der Waals surface area contributed by atoms with Gasteiger partial charge in [0.05, 0.1) is 5.02 Å². The molecule has 0 saturated carbocycles. The molecule has 0 radical (unpaired) electrons. The van der Waals surface area contributed by atoms with E-state index in [1.165, 1.54) is 23.1 Å². The number of hydrogen-bond acceptors (Lipinski definition) is 2. The number of nitrogens with zero attached hydrogens (tertiary/aromatic N) is 2. The molecule has 0 aromatic heterocycles. The van der Waals surface area contributed by atoms with E-state index in [0.717, 1.165) is 19.4 Å². The van der Waals surface area contributed by atoms with Crippen LogP contribution in [0.4, 0.5) is 14.9 Å². The van der Waals surface area contributed by atoms with E-state index in [2.05, 4.69) is 5.32 Å². The van der Waals surface area contributed by atoms with Gasteiger partial charge in [0.25, 0.3) is 0 Å². The average Bonchev–Trinajstić information content (AvgIpc) is 2.95. The fraction of sp³-hybridized carbons (Fsp3) is 0.467. The first kappa shape index (κ1) is 15.1. The zero-order chi connectivity index (χ0) is 15.9. The topological polar surface area (TPSA) is 52.7 Å². The molecule has 2 atom stereocenters. The van der Waals surface area contributed by atoms with E-state index in [1.54, 1.807) is 6.92 Å². The molecule has 0 unspecified atom stereocenters. The van der Waals surface area contributed by atoms with Gasteiger partial charge in [0.15, 0.2) is 0 Å². The van der Waals surface area contributed by atoms with Crippen LogP contribution in [0.5, 0.6) is 0 Å². The number of carbonyl (C=O) groups excluding carboxylic acids is 2. The third-order valence-electron chi connectivity index (χ3n) is 4.32. The van der Waals surface area contributed by atoms with Crippen LogP contribution in [-0.2, 0) is 4.79 Å². The number of hydrogen-bond donors (Lipinski definition) is 1. The Bertz CT molecular complexity index is 625. The van der Waals surface area contributed by atoms with Gasteiger partial charge >= 0.3 is 6.03 Å². The fourth-order valence-electron chi connectivity index (χ4n) is 3.10. The molecule has 1 N–H and O–H groups in total. The van der Waals surface area contributed by atoms with E-state index in [-0.39, 0.29) is 23.0 Å². The highest BCUT2D eigenvalue weighted by atomic mass is 35.5. The molecule has 0 spiro atoms. The van der Waals surface area contributed by atoms with E-state index in [4.69, 9.17) is 11.6 Å². The number of carbonyl (C=O) groups is 2. The summed E-state index contributed by atoms with van der Waals surface area (Å²) in [4.78, 5) is 28.1. The van der Waals surface area contributed by atoms with Gasteiger partial charge in [-0.15, -0.1) is 0 Å². The van der Waals surface area contributed by atoms with Crippen molar-refractivity contribution in [2.75, 3.05) is 18.4 Å². The molecule has 118 valence electrons. The first-order valence-electron chi connectivity index (χ1n) is 7.30. The first-order chi connectivity index (χ1) is 10.5. The maximum absolute atomic E-state index is 13.1. The van der Waals surface area contributed by atoms with Crippen LogP contribution in [0.2, 0.25) is 5.02 Å². The minimum atomic E-state index is -0.539. The summed E-state index contributed by atoms with van der Waals surface area (Å²) in [7, 11) is 0. The second-order valence-electron chi connectivity index (χ2n) is 5.72. The largest absolute Gasteiger partial charge is 0.336 e. The van der Waals surface area contributed by atoms with Crippen molar-refractivity contribution in [2.45, 2.75) is 31.8 Å². The highest BCUT2D eigenvalue weighted by molar-refractivity contribution is 6.31. The van der Waals surface area contributed by atoms with Gasteiger partial charge < -0.3 is 15.1 Å². The van der Waals surface area contributed by atoms with Gasteiger partial charge in [0.2, 0.25) is 5.91 Å². The van der Waals surface area contributed by atoms with Crippen LogP contribution in [0.25, 0.3) is 0 Å². The van der Waals surface area contributed by atoms with Gasteiger partial charge in [-0.25, -0.2) is 9.18 Å². The second-order valence-corrected chi connectivity index (χ2v) is 6.12. The predicted octanol–water partition coefficient (Wildman–Crippen LogP) is 2.71. The lowest BCUT2D eigenvalue weighted by Crippen LogP contribution is -2.60. The molecule has 5 nitrogen and oxygen atoms in total. The fourth-order valence-corrected chi connectivity index (χ4v) is 3.28. The van der Waals surface area contributed by atoms with Crippen molar-refractivity contribution in [3.63, 3.8) is 0 Å². The molecule has 2 saturated heterocycles. The van der Waals surface area contributed by atoms with Gasteiger partial charge in [-0.05, 0) is 38.0 Å². The lowest BCUT2D eigenvalue weighted by Gasteiger charge is -2.41. The Labute approximate surface area is 133 Å². The average molecular weight is 326 g/mol. The lowest BCUT2D eigenvalue weighted by atomic mass is 10.1. The summed E-state index contributed by atoms with van der Waals surface area (Å²) in [5, 5.41) is 2.62. The minimum Gasteiger partial charge on any atom is -0.336 e. The van der Waals surface area contributed by atoms with Gasteiger partial charge in [0, 0.05) is 24.8 Å². The Morgan fingerprint density at radius 2 is 2.23 bits per heavy atom. The van der Waals surface area contributed by atoms with Gasteiger partial charge in [0.1, 0.15) is 11.9 Å². The number of anilines is 1. The summed E-state index contributed by atoms with van der Waals surface area (Å²) in [6.07, 6.45) is 1.90. The summed E-state index contributed by atoms with van der Waals surface area (Å²) in [6.45, 7) is 3.03. The summed E-state index contributed by atoms with van der Waals surface area (Å²) in [5.74, 6) is -0.552. The first-order valence-corrected chi connectivity index (χ1v) is 7.68. The summed E-state index contributed by atoms with van der Waals surface area (Å²) >= 11 is 5.71. The van der Waals surface area contributed by atoms with Crippen molar-refractivity contribution in [3.05, 3.63) is 29.0 Å². The normalized spacial score (nSPS) is 24.4. The van der Waals surface area contributed by atoms with Crippen molar-refractivity contribution in [2.24, 2.45) is 0 Å². The minimum absolute atomic E-state index is 0.0129. The standard InChI is InChI=1S/C15H17ClFN3O2/c1-9-14(21)19-6-2-3-11(19)8-20(9)15(22)18-10-4-5-13(17)12(16)7-10/h4-5,7,9,11H,2-3,6,8H2,1H3,(H,18,22)/t9-,11+/m1/s1. The van der Waals surface area contributed by atoms with Crippen LogP contribution in [0.1, 0.15) is 19.8 Å². The molecule has 3 rings (SSSR count). The molecule has 2 fully saturated rings. The van der Waals surface area contributed by atoms with Gasteiger partial charge in [-0.2, -0.15) is 0 Å². The van der Waals surface area contributed by atoms with Crippen molar-refractivity contribution in [3.8, 4) is 0 Å². The molecule has 2 aliphatic rings. The van der Waals surface area contributed by atoms with Crippen LogP contribution >= 0.6 is 11.6 Å². The second kappa shape index (κ2) is 5.76. The highest BCUT2D eigenvalue weighted by Gasteiger charge is 2.42. The van der Waals surface area contributed by atoms with Crippen LogP contribution < -0.4 is 5.32 Å². The Hall–Kier alpha value is -1.82. The van der Waals surface area contributed by atoms with Crippen LogP contribution in [-0.4, -0.2) is 46.9 Å². The van der Waals surface area contributed by atoms with Crippen LogP contribution in [0, 0.1) is 5.82 Å². The van der Waals surface area contributed by atoms with E-state index < -0.39 is 11.9 Å². The zero-order valence-corrected chi connectivity index (χ0v) is 12.9. The Morgan fingerprint density at radius 1 is 1.45 bits per heavy atom. The maximum Gasteiger partial charge on any atom is 0.322 e. The van der Waals surface area contributed by atoms with Crippen LogP contribution in [0.15, 0.2) is 18.2 Å². The Balaban J connectivity index is 1.73. The molecule has 22 heavy (non-hydrogen) atoms. The molecule has 1 aromatic rings. The van der Waals surface area contributed by atoms with E-state index in [9.17, 15) is 14.0 Å². The van der Waals surface area contributed by atoms with E-state index >= 15 is 0 Å². The Kier molecular flexibility index (Phi) is 3.95. The summed E-state index contributed by atoms with van der Waals surface area (Å²) in [5.41, 5.74) is 0.407. The van der Waals surface area contributed by atoms with Gasteiger partial charge in [-0.3, -0.25) is 4.79 Å². The molecule has 2 aliphatic heterocycles. The number of rotatable bonds is 1. The molecule has 3 amide bonds. The molecule has 0 bridgehead atoms. The number of amides is 3. The van der Waals surface area contributed by atoms with Crippen molar-refractivity contribution >= 4 is 29.2 Å². The smallest absolute Gasteiger partial charge is 0.322 e. The number of urea groups is 1. The highest BCUT2D eigenvalue weighted by Crippen LogP contribution is 2.26. The predicted molar refractivity (Wildman–Crippen MR) is 81.3 cm³/mol. The number of fused-ring (bicyclic) bond motifs is 1. The monoisotopic (exact) mass is 325 g/mol. The van der Waals surface area contributed by atoms with Crippen LogP contribution in [0.3, 0.4) is 0 Å². The quantitative estimate of drug-likeness (QED) is 0.863. The van der Waals surface area contributed by atoms with Crippen molar-refractivity contribution in [1.82, 2.24) is 9.80 Å². The Morgan fingerprint density at radius 3 is 2.95 bits per heavy atom. The lowest BCUT2D eigenvalue weighted by molar-refractivity contribution is -0.140. The van der Waals surface area contributed by atoms with E-state index in [1.807, 2.05) is 4.90 Å². The third-order valence-corrected chi connectivity index (χ3v) is 4.61. The number of nitrogens with one attached hydrogen (secondary N) is 1. The molecule has 1 aromatic carbocycles. The molecule has 2 heterocycles. The van der Waals surface area contributed by atoms with Crippen molar-refractivity contribution < 1.29 is 14.0 Å².